The SMILES string of the molecule is Cc1cccbn1. The predicted molar refractivity (Wildman–Crippen MR) is 30.3 cm³/mol. The molecule has 1 aromatic heterocycles. The first-order valence-corrected chi connectivity index (χ1v) is 2.27. The molecule has 0 aromatic carbocycles. The van der Waals surface area contributed by atoms with Crippen LogP contribution in [0.2, 0.25) is 0 Å². The topological polar surface area (TPSA) is 12.9 Å². The van der Waals surface area contributed by atoms with Crippen molar-refractivity contribution < 1.29 is 0 Å². The number of aryl methyl sites for hydroxylation is 1. The van der Waals surface area contributed by atoms with Crippen molar-refractivity contribution in [1.82, 2.24) is 4.89 Å². The van der Waals surface area contributed by atoms with Gasteiger partial charge in [0.1, 0.15) is 0 Å². The zero-order chi connectivity index (χ0) is 5.11. The van der Waals surface area contributed by atoms with Crippen molar-refractivity contribution in [1.29, 1.82) is 0 Å². The summed E-state index contributed by atoms with van der Waals surface area (Å²) in [7, 11) is 1.79. The zero-order valence-corrected chi connectivity index (χ0v) is 4.26. The van der Waals surface area contributed by atoms with E-state index in [1.165, 1.54) is 0 Å². The van der Waals surface area contributed by atoms with E-state index in [1.807, 2.05) is 25.0 Å². The van der Waals surface area contributed by atoms with Crippen molar-refractivity contribution in [2.45, 2.75) is 6.92 Å². The van der Waals surface area contributed by atoms with Crippen LogP contribution < -0.4 is 0 Å². The van der Waals surface area contributed by atoms with Gasteiger partial charge in [-0.05, 0) is 0 Å². The maximum atomic E-state index is 3.98. The molecule has 0 aliphatic rings. The van der Waals surface area contributed by atoms with Gasteiger partial charge >= 0.3 is 42.7 Å². The van der Waals surface area contributed by atoms with Crippen molar-refractivity contribution in [3.63, 3.8) is 0 Å². The van der Waals surface area contributed by atoms with Gasteiger partial charge in [-0.1, -0.05) is 0 Å². The second kappa shape index (κ2) is 1.87. The van der Waals surface area contributed by atoms with Gasteiger partial charge < -0.3 is 0 Å². The van der Waals surface area contributed by atoms with Gasteiger partial charge in [0.25, 0.3) is 0 Å². The summed E-state index contributed by atoms with van der Waals surface area (Å²) in [6, 6.07) is 3.95. The van der Waals surface area contributed by atoms with E-state index < -0.39 is 0 Å². The molecule has 0 atom stereocenters. The first-order valence-electron chi connectivity index (χ1n) is 2.27. The molecule has 0 amide bonds. The number of rotatable bonds is 0. The average Bonchev–Trinajstić information content (AvgIpc) is 1.69. The molecule has 0 spiro atoms. The molecule has 7 heavy (non-hydrogen) atoms. The second-order valence-corrected chi connectivity index (χ2v) is 1.47. The Balaban J connectivity index is 3.02. The maximum absolute atomic E-state index is 3.98. The molecule has 0 fully saturated rings. The average molecular weight is 90.9 g/mol. The molecule has 0 saturated heterocycles. The zero-order valence-electron chi connectivity index (χ0n) is 4.26. The summed E-state index contributed by atoms with van der Waals surface area (Å²) < 4.78 is 0. The molecule has 0 aliphatic carbocycles. The van der Waals surface area contributed by atoms with Gasteiger partial charge in [-0.2, -0.15) is 0 Å². The molecule has 1 rings (SSSR count). The van der Waals surface area contributed by atoms with Crippen LogP contribution in [0.25, 0.3) is 0 Å². The van der Waals surface area contributed by atoms with E-state index in [-0.39, 0.29) is 0 Å². The van der Waals surface area contributed by atoms with E-state index in [0.29, 0.717) is 0 Å². The number of hydrogen-bond acceptors (Lipinski definition) is 1. The summed E-state index contributed by atoms with van der Waals surface area (Å²) in [6.07, 6.45) is 0. The van der Waals surface area contributed by atoms with E-state index in [9.17, 15) is 0 Å². The Bertz CT molecular complexity index is 138. The van der Waals surface area contributed by atoms with Gasteiger partial charge in [0.2, 0.25) is 0 Å². The Morgan fingerprint density at radius 2 is 2.57 bits per heavy atom. The van der Waals surface area contributed by atoms with E-state index in [4.69, 9.17) is 0 Å². The van der Waals surface area contributed by atoms with Gasteiger partial charge in [0.05, 0.1) is 0 Å². The van der Waals surface area contributed by atoms with Gasteiger partial charge in [-0.15, -0.1) is 0 Å². The Hall–Kier alpha value is -0.655. The Morgan fingerprint density at radius 3 is 2.86 bits per heavy atom. The molecule has 34 valence electrons. The minimum absolute atomic E-state index is 1.07. The molecule has 0 radical (unpaired) electrons. The first kappa shape index (κ1) is 4.50. The van der Waals surface area contributed by atoms with Crippen molar-refractivity contribution in [3.8, 4) is 0 Å². The normalized spacial score (nSPS) is 8.14. The van der Waals surface area contributed by atoms with Crippen LogP contribution in [-0.2, 0) is 0 Å². The van der Waals surface area contributed by atoms with E-state index in [2.05, 4.69) is 4.89 Å². The van der Waals surface area contributed by atoms with Crippen LogP contribution in [0.3, 0.4) is 0 Å². The van der Waals surface area contributed by atoms with Crippen LogP contribution in [0.4, 0.5) is 0 Å². The number of hydrogen-bond donors (Lipinski definition) is 0. The molecule has 0 saturated carbocycles. The summed E-state index contributed by atoms with van der Waals surface area (Å²) in [5.41, 5.74) is 1.07. The van der Waals surface area contributed by atoms with Crippen molar-refractivity contribution in [2.24, 2.45) is 0 Å². The quantitative estimate of drug-likeness (QED) is 0.458. The van der Waals surface area contributed by atoms with E-state index >= 15 is 0 Å². The molecular weight excluding hydrogens is 84.9 g/mol. The van der Waals surface area contributed by atoms with Gasteiger partial charge in [0, 0.05) is 0 Å². The Morgan fingerprint density at radius 1 is 1.71 bits per heavy atom. The van der Waals surface area contributed by atoms with Gasteiger partial charge in [-0.25, -0.2) is 0 Å². The third-order valence-corrected chi connectivity index (χ3v) is 0.813. The summed E-state index contributed by atoms with van der Waals surface area (Å²) in [5, 5.41) is 0. The Labute approximate surface area is 43.6 Å². The molecule has 0 bridgehead atoms. The third-order valence-electron chi connectivity index (χ3n) is 0.813. The van der Waals surface area contributed by atoms with Crippen LogP contribution in [-0.4, -0.2) is 11.9 Å². The third kappa shape index (κ3) is 1.11. The standard InChI is InChI=1S/C5H6BN/c1-5-3-2-4-6-7-5/h2-4H,1H3. The summed E-state index contributed by atoms with van der Waals surface area (Å²) in [6.45, 7) is 1.97. The molecule has 1 heterocycles. The van der Waals surface area contributed by atoms with Crippen molar-refractivity contribution >= 4 is 7.05 Å². The fourth-order valence-electron chi connectivity index (χ4n) is 0.448. The van der Waals surface area contributed by atoms with Crippen LogP contribution >= 0.6 is 0 Å². The minimum atomic E-state index is 1.07. The van der Waals surface area contributed by atoms with Crippen LogP contribution in [0, 0.1) is 6.92 Å². The van der Waals surface area contributed by atoms with Gasteiger partial charge in [0.15, 0.2) is 0 Å². The number of nitrogens with zero attached hydrogens (tertiary/aromatic N) is 1. The second-order valence-electron chi connectivity index (χ2n) is 1.47. The summed E-state index contributed by atoms with van der Waals surface area (Å²) >= 11 is 0. The summed E-state index contributed by atoms with van der Waals surface area (Å²) in [5.74, 6) is 1.91. The number of aromatic nitrogens is 1. The molecular formula is C5H6BN. The predicted octanol–water partition coefficient (Wildman–Crippen LogP) is 0.728. The molecule has 1 nitrogen and oxygen atoms in total. The van der Waals surface area contributed by atoms with E-state index in [0.717, 1.165) is 5.69 Å². The van der Waals surface area contributed by atoms with Crippen LogP contribution in [0.15, 0.2) is 18.1 Å². The molecule has 2 heteroatoms. The molecule has 0 N–H and O–H groups in total. The molecule has 1 aromatic rings. The fourth-order valence-corrected chi connectivity index (χ4v) is 0.448. The molecule has 0 aliphatic heterocycles. The fraction of sp³-hybridized carbons (Fsp3) is 0.200. The van der Waals surface area contributed by atoms with E-state index in [1.54, 1.807) is 7.05 Å². The van der Waals surface area contributed by atoms with Crippen molar-refractivity contribution in [2.75, 3.05) is 0 Å². The summed E-state index contributed by atoms with van der Waals surface area (Å²) in [4.78, 5) is 3.98. The Kier molecular flexibility index (Phi) is 1.20. The van der Waals surface area contributed by atoms with Crippen LogP contribution in [0.1, 0.15) is 5.69 Å². The van der Waals surface area contributed by atoms with Gasteiger partial charge in [-0.3, -0.25) is 0 Å². The first-order chi connectivity index (χ1) is 3.39. The monoisotopic (exact) mass is 91.1 g/mol. The van der Waals surface area contributed by atoms with Crippen molar-refractivity contribution in [3.05, 3.63) is 23.8 Å². The molecule has 0 unspecified atom stereocenters. The van der Waals surface area contributed by atoms with Crippen LogP contribution in [0.5, 0.6) is 0 Å².